The molecule has 0 saturated carbocycles. The third-order valence-electron chi connectivity index (χ3n) is 5.70. The van der Waals surface area contributed by atoms with Crippen LogP contribution in [0.1, 0.15) is 24.5 Å². The summed E-state index contributed by atoms with van der Waals surface area (Å²) >= 11 is 1.57. The predicted molar refractivity (Wildman–Crippen MR) is 139 cm³/mol. The fourth-order valence-electron chi connectivity index (χ4n) is 3.89. The van der Waals surface area contributed by atoms with E-state index >= 15 is 0 Å². The van der Waals surface area contributed by atoms with Crippen LogP contribution < -0.4 is 14.8 Å². The lowest BCUT2D eigenvalue weighted by Gasteiger charge is -2.30. The molecule has 7 heteroatoms. The first-order chi connectivity index (χ1) is 17.0. The van der Waals surface area contributed by atoms with E-state index in [4.69, 9.17) is 9.47 Å². The Morgan fingerprint density at radius 1 is 1.06 bits per heavy atom. The van der Waals surface area contributed by atoms with Gasteiger partial charge in [0.25, 0.3) is 5.91 Å². The van der Waals surface area contributed by atoms with E-state index in [-0.39, 0.29) is 18.4 Å². The van der Waals surface area contributed by atoms with E-state index in [9.17, 15) is 9.59 Å². The van der Waals surface area contributed by atoms with Crippen LogP contribution in [-0.2, 0) is 16.1 Å². The van der Waals surface area contributed by atoms with Crippen molar-refractivity contribution in [2.24, 2.45) is 0 Å². The van der Waals surface area contributed by atoms with Gasteiger partial charge in [-0.25, -0.2) is 0 Å². The molecule has 4 rings (SSSR count). The number of thioether (sulfide) groups is 1. The molecule has 1 aliphatic rings. The number of anilines is 1. The number of aryl methyl sites for hydroxylation is 1. The standard InChI is InChI=1S/C28H30N2O4S/c1-3-15-33-25-14-13-21(16-20(25)2)17-30(27(31)18-34-22-9-5-4-6-10-22)24-19-35-26-12-8-7-11-23(26)29-28(24)32/h4-14,16,24H,3,15,17-19H2,1-2H3,(H,29,32). The Morgan fingerprint density at radius 3 is 2.60 bits per heavy atom. The van der Waals surface area contributed by atoms with Gasteiger partial charge < -0.3 is 19.7 Å². The maximum atomic E-state index is 13.4. The van der Waals surface area contributed by atoms with Gasteiger partial charge in [0.2, 0.25) is 5.91 Å². The van der Waals surface area contributed by atoms with Crippen molar-refractivity contribution in [2.45, 2.75) is 37.8 Å². The van der Waals surface area contributed by atoms with Crippen LogP contribution in [-0.4, -0.2) is 41.7 Å². The van der Waals surface area contributed by atoms with E-state index < -0.39 is 6.04 Å². The molecule has 1 N–H and O–H groups in total. The molecule has 0 radical (unpaired) electrons. The molecular formula is C28H30N2O4S. The summed E-state index contributed by atoms with van der Waals surface area (Å²) in [7, 11) is 0. The number of carbonyl (C=O) groups excluding carboxylic acids is 2. The molecule has 182 valence electrons. The number of ether oxygens (including phenoxy) is 2. The fourth-order valence-corrected chi connectivity index (χ4v) is 5.00. The highest BCUT2D eigenvalue weighted by Crippen LogP contribution is 2.32. The van der Waals surface area contributed by atoms with E-state index in [0.717, 1.165) is 33.9 Å². The summed E-state index contributed by atoms with van der Waals surface area (Å²) in [6.45, 7) is 4.85. The molecule has 6 nitrogen and oxygen atoms in total. The Balaban J connectivity index is 1.56. The van der Waals surface area contributed by atoms with Gasteiger partial charge in [-0.05, 0) is 54.8 Å². The molecule has 0 aromatic heterocycles. The van der Waals surface area contributed by atoms with Gasteiger partial charge in [-0.3, -0.25) is 9.59 Å². The number of hydrogen-bond acceptors (Lipinski definition) is 5. The topological polar surface area (TPSA) is 67.9 Å². The third-order valence-corrected chi connectivity index (χ3v) is 6.85. The summed E-state index contributed by atoms with van der Waals surface area (Å²) in [4.78, 5) is 29.3. The minimum atomic E-state index is -0.643. The maximum Gasteiger partial charge on any atom is 0.261 e. The first-order valence-corrected chi connectivity index (χ1v) is 12.8. The van der Waals surface area contributed by atoms with E-state index in [2.05, 4.69) is 12.2 Å². The lowest BCUT2D eigenvalue weighted by Crippen LogP contribution is -2.49. The summed E-state index contributed by atoms with van der Waals surface area (Å²) in [6.07, 6.45) is 0.932. The second kappa shape index (κ2) is 11.8. The lowest BCUT2D eigenvalue weighted by atomic mass is 10.1. The summed E-state index contributed by atoms with van der Waals surface area (Å²) < 4.78 is 11.5. The number of nitrogens with one attached hydrogen (secondary N) is 1. The fraction of sp³-hybridized carbons (Fsp3) is 0.286. The monoisotopic (exact) mass is 490 g/mol. The van der Waals surface area contributed by atoms with Gasteiger partial charge in [-0.2, -0.15) is 0 Å². The van der Waals surface area contributed by atoms with Crippen molar-refractivity contribution in [3.05, 3.63) is 83.9 Å². The Labute approximate surface area is 210 Å². The Kier molecular flexibility index (Phi) is 8.32. The van der Waals surface area contributed by atoms with Crippen molar-refractivity contribution in [3.63, 3.8) is 0 Å². The molecule has 35 heavy (non-hydrogen) atoms. The molecule has 0 spiro atoms. The number of rotatable bonds is 9. The molecule has 1 aliphatic heterocycles. The van der Waals surface area contributed by atoms with Crippen molar-refractivity contribution in [1.29, 1.82) is 0 Å². The molecule has 0 bridgehead atoms. The molecule has 1 heterocycles. The average molecular weight is 491 g/mol. The van der Waals surface area contributed by atoms with Crippen LogP contribution in [0.4, 0.5) is 5.69 Å². The highest BCUT2D eigenvalue weighted by atomic mass is 32.2. The molecule has 3 aromatic rings. The smallest absolute Gasteiger partial charge is 0.261 e. The Bertz CT molecular complexity index is 1170. The maximum absolute atomic E-state index is 13.4. The number of para-hydroxylation sites is 2. The van der Waals surface area contributed by atoms with Crippen LogP contribution in [0.25, 0.3) is 0 Å². The number of benzene rings is 3. The van der Waals surface area contributed by atoms with Crippen molar-refractivity contribution in [1.82, 2.24) is 4.90 Å². The lowest BCUT2D eigenvalue weighted by molar-refractivity contribution is -0.140. The Hall–Kier alpha value is -3.45. The molecule has 0 aliphatic carbocycles. The van der Waals surface area contributed by atoms with Crippen LogP contribution in [0.15, 0.2) is 77.7 Å². The van der Waals surface area contributed by atoms with Crippen molar-refractivity contribution in [3.8, 4) is 11.5 Å². The molecule has 0 saturated heterocycles. The zero-order valence-corrected chi connectivity index (χ0v) is 20.8. The summed E-state index contributed by atoms with van der Waals surface area (Å²) in [5.41, 5.74) is 2.70. The number of carbonyl (C=O) groups is 2. The summed E-state index contributed by atoms with van der Waals surface area (Å²) in [5, 5.41) is 3.00. The van der Waals surface area contributed by atoms with Gasteiger partial charge in [-0.1, -0.05) is 49.4 Å². The SMILES string of the molecule is CCCOc1ccc(CN(C(=O)COc2ccccc2)C2CSc3ccccc3NC2=O)cc1C. The van der Waals surface area contributed by atoms with E-state index in [1.54, 1.807) is 28.8 Å². The highest BCUT2D eigenvalue weighted by Gasteiger charge is 2.33. The third kappa shape index (κ3) is 6.36. The molecule has 0 fully saturated rings. The number of nitrogens with zero attached hydrogens (tertiary/aromatic N) is 1. The van der Waals surface area contributed by atoms with Crippen LogP contribution in [0.5, 0.6) is 11.5 Å². The molecule has 1 unspecified atom stereocenters. The van der Waals surface area contributed by atoms with Gasteiger partial charge in [0.1, 0.15) is 17.5 Å². The summed E-state index contributed by atoms with van der Waals surface area (Å²) in [5.74, 6) is 1.45. The number of amides is 2. The van der Waals surface area contributed by atoms with Crippen LogP contribution in [0, 0.1) is 6.92 Å². The van der Waals surface area contributed by atoms with Gasteiger partial charge in [-0.15, -0.1) is 11.8 Å². The molecule has 1 atom stereocenters. The molecular weight excluding hydrogens is 460 g/mol. The first-order valence-electron chi connectivity index (χ1n) is 11.8. The van der Waals surface area contributed by atoms with E-state index in [1.165, 1.54) is 0 Å². The van der Waals surface area contributed by atoms with Gasteiger partial charge in [0.05, 0.1) is 12.3 Å². The molecule has 2 amide bonds. The van der Waals surface area contributed by atoms with E-state index in [0.29, 0.717) is 24.7 Å². The number of fused-ring (bicyclic) bond motifs is 1. The Morgan fingerprint density at radius 2 is 1.83 bits per heavy atom. The minimum Gasteiger partial charge on any atom is -0.493 e. The van der Waals surface area contributed by atoms with Crippen LogP contribution in [0.3, 0.4) is 0 Å². The number of hydrogen-bond donors (Lipinski definition) is 1. The minimum absolute atomic E-state index is 0.151. The average Bonchev–Trinajstić information content (AvgIpc) is 3.04. The van der Waals surface area contributed by atoms with Gasteiger partial charge in [0, 0.05) is 17.2 Å². The quantitative estimate of drug-likeness (QED) is 0.441. The zero-order chi connectivity index (χ0) is 24.6. The van der Waals surface area contributed by atoms with Gasteiger partial charge in [0.15, 0.2) is 6.61 Å². The second-order valence-corrected chi connectivity index (χ2v) is 9.45. The van der Waals surface area contributed by atoms with Crippen molar-refractivity contribution < 1.29 is 19.1 Å². The van der Waals surface area contributed by atoms with Crippen molar-refractivity contribution >= 4 is 29.3 Å². The predicted octanol–water partition coefficient (Wildman–Crippen LogP) is 5.30. The summed E-state index contributed by atoms with van der Waals surface area (Å²) in [6, 6.07) is 22.2. The normalized spacial score (nSPS) is 14.9. The van der Waals surface area contributed by atoms with Crippen LogP contribution >= 0.6 is 11.8 Å². The van der Waals surface area contributed by atoms with Crippen molar-refractivity contribution in [2.75, 3.05) is 24.3 Å². The second-order valence-electron chi connectivity index (χ2n) is 8.38. The van der Waals surface area contributed by atoms with Crippen LogP contribution in [0.2, 0.25) is 0 Å². The first kappa shape index (κ1) is 24.7. The highest BCUT2D eigenvalue weighted by molar-refractivity contribution is 7.99. The van der Waals surface area contributed by atoms with E-state index in [1.807, 2.05) is 67.6 Å². The largest absolute Gasteiger partial charge is 0.493 e. The zero-order valence-electron chi connectivity index (χ0n) is 20.0. The van der Waals surface area contributed by atoms with Gasteiger partial charge >= 0.3 is 0 Å². The molecule has 3 aromatic carbocycles.